The third-order valence-corrected chi connectivity index (χ3v) is 4.00. The molecule has 1 atom stereocenters. The van der Waals surface area contributed by atoms with Crippen LogP contribution in [0.5, 0.6) is 0 Å². The molecule has 3 rings (SSSR count). The summed E-state index contributed by atoms with van der Waals surface area (Å²) in [6.07, 6.45) is 5.63. The van der Waals surface area contributed by atoms with E-state index in [4.69, 9.17) is 4.42 Å². The van der Waals surface area contributed by atoms with E-state index in [1.54, 1.807) is 17.6 Å². The standard InChI is InChI=1S/C15H18N4OS/c1-11-6-17-19(8-11)9-12(2)16-7-13-10-20-15(18-13)14-4-3-5-21-14/h3-6,8,10,12,16H,7,9H2,1-2H3/t12-/m0/s1. The lowest BCUT2D eigenvalue weighted by molar-refractivity contribution is 0.448. The third-order valence-electron chi connectivity index (χ3n) is 3.14. The van der Waals surface area contributed by atoms with E-state index in [9.17, 15) is 0 Å². The predicted molar refractivity (Wildman–Crippen MR) is 83.1 cm³/mol. The molecule has 0 saturated heterocycles. The lowest BCUT2D eigenvalue weighted by atomic mass is 10.3. The van der Waals surface area contributed by atoms with Gasteiger partial charge in [-0.15, -0.1) is 11.3 Å². The van der Waals surface area contributed by atoms with Crippen molar-refractivity contribution in [3.63, 3.8) is 0 Å². The molecule has 0 radical (unpaired) electrons. The van der Waals surface area contributed by atoms with E-state index < -0.39 is 0 Å². The Balaban J connectivity index is 1.53. The summed E-state index contributed by atoms with van der Waals surface area (Å²) < 4.78 is 7.46. The lowest BCUT2D eigenvalue weighted by Gasteiger charge is -2.12. The molecule has 0 aliphatic rings. The molecule has 0 amide bonds. The molecule has 0 saturated carbocycles. The molecule has 3 aromatic rings. The summed E-state index contributed by atoms with van der Waals surface area (Å²) in [5.74, 6) is 0.692. The smallest absolute Gasteiger partial charge is 0.236 e. The van der Waals surface area contributed by atoms with E-state index in [1.807, 2.05) is 41.5 Å². The van der Waals surface area contributed by atoms with Crippen LogP contribution in [0, 0.1) is 6.92 Å². The van der Waals surface area contributed by atoms with Crippen molar-refractivity contribution in [2.45, 2.75) is 33.0 Å². The SMILES string of the molecule is Cc1cnn(C[C@H](C)NCc2coc(-c3cccs3)n2)c1. The Bertz CT molecular complexity index is 686. The van der Waals surface area contributed by atoms with Gasteiger partial charge >= 0.3 is 0 Å². The fourth-order valence-electron chi connectivity index (χ4n) is 2.09. The number of rotatable bonds is 6. The molecule has 3 aromatic heterocycles. The first kappa shape index (κ1) is 14.0. The fourth-order valence-corrected chi connectivity index (χ4v) is 2.75. The Morgan fingerprint density at radius 2 is 2.38 bits per heavy atom. The average Bonchev–Trinajstić information content (AvgIpc) is 3.17. The van der Waals surface area contributed by atoms with Crippen LogP contribution >= 0.6 is 11.3 Å². The van der Waals surface area contributed by atoms with Crippen molar-refractivity contribution < 1.29 is 4.42 Å². The normalized spacial score (nSPS) is 12.7. The lowest BCUT2D eigenvalue weighted by Crippen LogP contribution is -2.30. The molecule has 110 valence electrons. The monoisotopic (exact) mass is 302 g/mol. The Morgan fingerprint density at radius 1 is 1.48 bits per heavy atom. The highest BCUT2D eigenvalue weighted by atomic mass is 32.1. The van der Waals surface area contributed by atoms with Crippen LogP contribution < -0.4 is 5.32 Å². The quantitative estimate of drug-likeness (QED) is 0.760. The number of aromatic nitrogens is 3. The maximum absolute atomic E-state index is 5.50. The number of aryl methyl sites for hydroxylation is 1. The van der Waals surface area contributed by atoms with Crippen LogP contribution in [0.3, 0.4) is 0 Å². The van der Waals surface area contributed by atoms with Gasteiger partial charge in [-0.25, -0.2) is 4.98 Å². The van der Waals surface area contributed by atoms with Crippen molar-refractivity contribution in [1.82, 2.24) is 20.1 Å². The van der Waals surface area contributed by atoms with Crippen molar-refractivity contribution in [1.29, 1.82) is 0 Å². The molecule has 3 heterocycles. The van der Waals surface area contributed by atoms with E-state index >= 15 is 0 Å². The summed E-state index contributed by atoms with van der Waals surface area (Å²) in [5.41, 5.74) is 2.10. The van der Waals surface area contributed by atoms with E-state index in [2.05, 4.69) is 22.3 Å². The zero-order chi connectivity index (χ0) is 14.7. The van der Waals surface area contributed by atoms with Crippen LogP contribution in [-0.2, 0) is 13.1 Å². The van der Waals surface area contributed by atoms with Crippen LogP contribution in [0.25, 0.3) is 10.8 Å². The van der Waals surface area contributed by atoms with Crippen molar-refractivity contribution in [3.8, 4) is 10.8 Å². The largest absolute Gasteiger partial charge is 0.444 e. The molecule has 0 aliphatic carbocycles. The Hall–Kier alpha value is -1.92. The molecule has 0 aliphatic heterocycles. The molecule has 1 N–H and O–H groups in total. The summed E-state index contributed by atoms with van der Waals surface area (Å²) >= 11 is 1.63. The number of hydrogen-bond acceptors (Lipinski definition) is 5. The van der Waals surface area contributed by atoms with E-state index in [0.29, 0.717) is 18.5 Å². The fraction of sp³-hybridized carbons (Fsp3) is 0.333. The molecule has 0 bridgehead atoms. The highest BCUT2D eigenvalue weighted by Gasteiger charge is 2.09. The average molecular weight is 302 g/mol. The summed E-state index contributed by atoms with van der Waals surface area (Å²) in [6.45, 7) is 5.71. The number of thiophene rings is 1. The van der Waals surface area contributed by atoms with Gasteiger partial charge in [0.2, 0.25) is 5.89 Å². The second-order valence-electron chi connectivity index (χ2n) is 5.14. The van der Waals surface area contributed by atoms with Gasteiger partial charge in [0.15, 0.2) is 0 Å². The molecule has 5 nitrogen and oxygen atoms in total. The summed E-state index contributed by atoms with van der Waals surface area (Å²) in [5, 5.41) is 9.75. The van der Waals surface area contributed by atoms with Gasteiger partial charge in [-0.1, -0.05) is 6.07 Å². The first-order valence-corrected chi connectivity index (χ1v) is 7.79. The van der Waals surface area contributed by atoms with Gasteiger partial charge in [-0.2, -0.15) is 5.10 Å². The second kappa shape index (κ2) is 6.24. The highest BCUT2D eigenvalue weighted by molar-refractivity contribution is 7.13. The third kappa shape index (κ3) is 3.59. The van der Waals surface area contributed by atoms with Gasteiger partial charge in [-0.3, -0.25) is 4.68 Å². The predicted octanol–water partition coefficient (Wildman–Crippen LogP) is 3.09. The molecule has 0 unspecified atom stereocenters. The van der Waals surface area contributed by atoms with Gasteiger partial charge in [-0.05, 0) is 30.9 Å². The number of nitrogens with one attached hydrogen (secondary N) is 1. The maximum Gasteiger partial charge on any atom is 0.236 e. The van der Waals surface area contributed by atoms with E-state index in [-0.39, 0.29) is 0 Å². The Labute approximate surface area is 127 Å². The van der Waals surface area contributed by atoms with E-state index in [0.717, 1.165) is 17.1 Å². The second-order valence-corrected chi connectivity index (χ2v) is 6.09. The molecule has 0 aromatic carbocycles. The minimum Gasteiger partial charge on any atom is -0.444 e. The van der Waals surface area contributed by atoms with Gasteiger partial charge in [0.25, 0.3) is 0 Å². The molecule has 6 heteroatoms. The summed E-state index contributed by atoms with van der Waals surface area (Å²) in [6, 6.07) is 4.32. The van der Waals surface area contributed by atoms with Gasteiger partial charge < -0.3 is 9.73 Å². The Kier molecular flexibility index (Phi) is 4.17. The van der Waals surface area contributed by atoms with Gasteiger partial charge in [0.05, 0.1) is 23.3 Å². The molecule has 0 spiro atoms. The van der Waals surface area contributed by atoms with Crippen molar-refractivity contribution in [2.24, 2.45) is 0 Å². The van der Waals surface area contributed by atoms with Crippen molar-refractivity contribution in [2.75, 3.05) is 0 Å². The first-order chi connectivity index (χ1) is 10.2. The minimum atomic E-state index is 0.311. The van der Waals surface area contributed by atoms with Crippen LogP contribution in [-0.4, -0.2) is 20.8 Å². The number of hydrogen-bond donors (Lipinski definition) is 1. The number of nitrogens with zero attached hydrogens (tertiary/aromatic N) is 3. The summed E-state index contributed by atoms with van der Waals surface area (Å²) in [4.78, 5) is 5.55. The van der Waals surface area contributed by atoms with Crippen molar-refractivity contribution in [3.05, 3.63) is 47.4 Å². The van der Waals surface area contributed by atoms with Crippen LogP contribution in [0.4, 0.5) is 0 Å². The van der Waals surface area contributed by atoms with Crippen LogP contribution in [0.15, 0.2) is 40.6 Å². The van der Waals surface area contributed by atoms with Crippen LogP contribution in [0.1, 0.15) is 18.2 Å². The maximum atomic E-state index is 5.50. The molecule has 0 fully saturated rings. The molecular formula is C15H18N4OS. The van der Waals surface area contributed by atoms with Crippen molar-refractivity contribution >= 4 is 11.3 Å². The van der Waals surface area contributed by atoms with E-state index in [1.165, 1.54) is 5.56 Å². The summed E-state index contributed by atoms with van der Waals surface area (Å²) in [7, 11) is 0. The molecular weight excluding hydrogens is 284 g/mol. The van der Waals surface area contributed by atoms with Crippen LogP contribution in [0.2, 0.25) is 0 Å². The van der Waals surface area contributed by atoms with Gasteiger partial charge in [0, 0.05) is 18.8 Å². The minimum absolute atomic E-state index is 0.311. The first-order valence-electron chi connectivity index (χ1n) is 6.91. The number of oxazole rings is 1. The zero-order valence-corrected chi connectivity index (χ0v) is 12.9. The zero-order valence-electron chi connectivity index (χ0n) is 12.1. The highest BCUT2D eigenvalue weighted by Crippen LogP contribution is 2.23. The topological polar surface area (TPSA) is 55.9 Å². The van der Waals surface area contributed by atoms with Gasteiger partial charge in [0.1, 0.15) is 6.26 Å². The Morgan fingerprint density at radius 3 is 3.10 bits per heavy atom. The molecule has 21 heavy (non-hydrogen) atoms.